The van der Waals surface area contributed by atoms with E-state index in [9.17, 15) is 13.2 Å². The van der Waals surface area contributed by atoms with Crippen LogP contribution in [0.5, 0.6) is 11.5 Å². The zero-order chi connectivity index (χ0) is 18.6. The van der Waals surface area contributed by atoms with E-state index >= 15 is 0 Å². The molecule has 0 saturated heterocycles. The highest BCUT2D eigenvalue weighted by atomic mass is 32.2. The molecule has 0 aliphatic rings. The highest BCUT2D eigenvalue weighted by Crippen LogP contribution is 2.29. The molecular formula is C15H19N3O6S. The summed E-state index contributed by atoms with van der Waals surface area (Å²) in [6.07, 6.45) is 0.984. The summed E-state index contributed by atoms with van der Waals surface area (Å²) < 4.78 is 39.9. The Morgan fingerprint density at radius 2 is 2.00 bits per heavy atom. The van der Waals surface area contributed by atoms with E-state index in [0.29, 0.717) is 22.9 Å². The molecule has 1 aromatic heterocycles. The number of ether oxygens (including phenoxy) is 2. The third-order valence-corrected chi connectivity index (χ3v) is 4.36. The molecule has 0 atom stereocenters. The fourth-order valence-electron chi connectivity index (χ4n) is 2.06. The number of hydrogen-bond acceptors (Lipinski definition) is 7. The lowest BCUT2D eigenvalue weighted by atomic mass is 10.2. The maximum absolute atomic E-state index is 12.3. The van der Waals surface area contributed by atoms with Crippen LogP contribution in [0.15, 0.2) is 28.8 Å². The Bertz CT molecular complexity index is 862. The van der Waals surface area contributed by atoms with Crippen LogP contribution in [-0.4, -0.2) is 46.5 Å². The van der Waals surface area contributed by atoms with Crippen molar-refractivity contribution in [3.05, 3.63) is 30.0 Å². The molecule has 0 aliphatic heterocycles. The molecule has 0 saturated carbocycles. The monoisotopic (exact) mass is 369 g/mol. The number of anilines is 2. The topological polar surface area (TPSA) is 111 Å². The van der Waals surface area contributed by atoms with Crippen LogP contribution in [0.3, 0.4) is 0 Å². The summed E-state index contributed by atoms with van der Waals surface area (Å²) in [5, 5.41) is 6.26. The third-order valence-electron chi connectivity index (χ3n) is 3.24. The van der Waals surface area contributed by atoms with Crippen LogP contribution in [0, 0.1) is 6.92 Å². The van der Waals surface area contributed by atoms with Crippen LogP contribution < -0.4 is 19.1 Å². The molecule has 1 amide bonds. The van der Waals surface area contributed by atoms with Crippen LogP contribution >= 0.6 is 0 Å². The smallest absolute Gasteiger partial charge is 0.245 e. The van der Waals surface area contributed by atoms with Gasteiger partial charge in [-0.25, -0.2) is 12.7 Å². The van der Waals surface area contributed by atoms with Crippen molar-refractivity contribution in [1.82, 2.24) is 5.16 Å². The summed E-state index contributed by atoms with van der Waals surface area (Å²) in [7, 11) is -0.759. The van der Waals surface area contributed by atoms with Gasteiger partial charge in [0.15, 0.2) is 5.82 Å². The third kappa shape index (κ3) is 4.63. The maximum Gasteiger partial charge on any atom is 0.245 e. The van der Waals surface area contributed by atoms with Crippen molar-refractivity contribution in [2.75, 3.05) is 36.6 Å². The quantitative estimate of drug-likeness (QED) is 0.785. The standard InChI is InChI=1S/C15H19N3O6S/c1-10-7-14(17-24-10)18(25(4,20)21)9-15(19)16-12-6-5-11(22-2)8-13(12)23-3/h5-8H,9H2,1-4H3,(H,16,19). The van der Waals surface area contributed by atoms with E-state index in [-0.39, 0.29) is 5.82 Å². The lowest BCUT2D eigenvalue weighted by Gasteiger charge is -2.19. The average molecular weight is 369 g/mol. The number of benzene rings is 1. The number of aryl methyl sites for hydroxylation is 1. The number of carbonyl (C=O) groups excluding carboxylic acids is 1. The van der Waals surface area contributed by atoms with Gasteiger partial charge in [-0.2, -0.15) is 0 Å². The Hall–Kier alpha value is -2.75. The van der Waals surface area contributed by atoms with Crippen molar-refractivity contribution >= 4 is 27.4 Å². The minimum atomic E-state index is -3.72. The number of nitrogens with zero attached hydrogens (tertiary/aromatic N) is 2. The molecule has 0 aliphatic carbocycles. The number of sulfonamides is 1. The van der Waals surface area contributed by atoms with Crippen molar-refractivity contribution in [3.8, 4) is 11.5 Å². The minimum Gasteiger partial charge on any atom is -0.497 e. The Morgan fingerprint density at radius 3 is 2.52 bits per heavy atom. The summed E-state index contributed by atoms with van der Waals surface area (Å²) in [5.74, 6) is 0.855. The van der Waals surface area contributed by atoms with Gasteiger partial charge in [0.2, 0.25) is 15.9 Å². The van der Waals surface area contributed by atoms with Crippen LogP contribution in [0.2, 0.25) is 0 Å². The van der Waals surface area contributed by atoms with Gasteiger partial charge in [0.1, 0.15) is 23.8 Å². The van der Waals surface area contributed by atoms with Gasteiger partial charge < -0.3 is 19.3 Å². The van der Waals surface area contributed by atoms with E-state index in [2.05, 4.69) is 10.5 Å². The van der Waals surface area contributed by atoms with Gasteiger partial charge >= 0.3 is 0 Å². The molecule has 0 bridgehead atoms. The molecule has 136 valence electrons. The SMILES string of the molecule is COc1ccc(NC(=O)CN(c2cc(C)on2)S(C)(=O)=O)c(OC)c1. The minimum absolute atomic E-state index is 0.0387. The number of carbonyl (C=O) groups is 1. The van der Waals surface area contributed by atoms with Crippen molar-refractivity contribution in [2.45, 2.75) is 6.92 Å². The first-order valence-electron chi connectivity index (χ1n) is 7.17. The first kappa shape index (κ1) is 18.6. The number of aromatic nitrogens is 1. The molecule has 0 spiro atoms. The van der Waals surface area contributed by atoms with E-state index in [1.54, 1.807) is 25.1 Å². The summed E-state index contributed by atoms with van der Waals surface area (Å²) in [4.78, 5) is 12.3. The number of amides is 1. The van der Waals surface area contributed by atoms with Crippen molar-refractivity contribution in [1.29, 1.82) is 0 Å². The van der Waals surface area contributed by atoms with Crippen LogP contribution in [0.25, 0.3) is 0 Å². The number of nitrogens with one attached hydrogen (secondary N) is 1. The largest absolute Gasteiger partial charge is 0.497 e. The lowest BCUT2D eigenvalue weighted by Crippen LogP contribution is -2.37. The first-order chi connectivity index (χ1) is 11.7. The highest BCUT2D eigenvalue weighted by Gasteiger charge is 2.24. The van der Waals surface area contributed by atoms with E-state index < -0.39 is 22.5 Å². The van der Waals surface area contributed by atoms with Crippen molar-refractivity contribution in [2.24, 2.45) is 0 Å². The first-order valence-corrected chi connectivity index (χ1v) is 9.02. The van der Waals surface area contributed by atoms with Crippen LogP contribution in [0.4, 0.5) is 11.5 Å². The second kappa shape index (κ2) is 7.43. The molecular weight excluding hydrogens is 350 g/mol. The summed E-state index contributed by atoms with van der Waals surface area (Å²) in [6.45, 7) is 1.17. The lowest BCUT2D eigenvalue weighted by molar-refractivity contribution is -0.114. The molecule has 10 heteroatoms. The molecule has 9 nitrogen and oxygen atoms in total. The second-order valence-corrected chi connectivity index (χ2v) is 7.09. The molecule has 1 N–H and O–H groups in total. The van der Waals surface area contributed by atoms with Crippen molar-refractivity contribution in [3.63, 3.8) is 0 Å². The molecule has 25 heavy (non-hydrogen) atoms. The maximum atomic E-state index is 12.3. The predicted molar refractivity (Wildman–Crippen MR) is 91.6 cm³/mol. The van der Waals surface area contributed by atoms with E-state index in [1.807, 2.05) is 0 Å². The predicted octanol–water partition coefficient (Wildman–Crippen LogP) is 1.40. The Labute approximate surface area is 145 Å². The Balaban J connectivity index is 2.20. The summed E-state index contributed by atoms with van der Waals surface area (Å²) in [5.41, 5.74) is 0.387. The normalized spacial score (nSPS) is 11.0. The molecule has 2 aromatic rings. The zero-order valence-corrected chi connectivity index (χ0v) is 15.1. The molecule has 1 aromatic carbocycles. The zero-order valence-electron chi connectivity index (χ0n) is 14.3. The fraction of sp³-hybridized carbons (Fsp3) is 0.333. The Morgan fingerprint density at radius 1 is 1.28 bits per heavy atom. The van der Waals surface area contributed by atoms with E-state index in [4.69, 9.17) is 14.0 Å². The van der Waals surface area contributed by atoms with Gasteiger partial charge in [-0.15, -0.1) is 0 Å². The summed E-state index contributed by atoms with van der Waals surface area (Å²) in [6, 6.07) is 6.28. The van der Waals surface area contributed by atoms with Gasteiger partial charge in [0, 0.05) is 12.1 Å². The Kier molecular flexibility index (Phi) is 5.52. The highest BCUT2D eigenvalue weighted by molar-refractivity contribution is 7.92. The fourth-order valence-corrected chi connectivity index (χ4v) is 2.84. The number of methoxy groups -OCH3 is 2. The van der Waals surface area contributed by atoms with Crippen LogP contribution in [0.1, 0.15) is 5.76 Å². The molecule has 0 fully saturated rings. The molecule has 0 unspecified atom stereocenters. The average Bonchev–Trinajstić information content (AvgIpc) is 2.97. The van der Waals surface area contributed by atoms with E-state index in [1.165, 1.54) is 20.3 Å². The molecule has 2 rings (SSSR count). The van der Waals surface area contributed by atoms with Crippen molar-refractivity contribution < 1.29 is 27.2 Å². The number of rotatable bonds is 7. The second-order valence-electron chi connectivity index (χ2n) is 5.18. The molecule has 0 radical (unpaired) electrons. The van der Waals surface area contributed by atoms with Gasteiger partial charge in [-0.1, -0.05) is 5.16 Å². The van der Waals surface area contributed by atoms with Crippen LogP contribution in [-0.2, 0) is 14.8 Å². The summed E-state index contributed by atoms with van der Waals surface area (Å²) >= 11 is 0. The number of hydrogen-bond donors (Lipinski definition) is 1. The van der Waals surface area contributed by atoms with Gasteiger partial charge in [0.25, 0.3) is 0 Å². The van der Waals surface area contributed by atoms with Gasteiger partial charge in [-0.05, 0) is 19.1 Å². The van der Waals surface area contributed by atoms with Gasteiger partial charge in [0.05, 0.1) is 26.2 Å². The van der Waals surface area contributed by atoms with Gasteiger partial charge in [-0.3, -0.25) is 4.79 Å². The van der Waals surface area contributed by atoms with E-state index in [0.717, 1.165) is 10.6 Å². The molecule has 1 heterocycles.